The Kier molecular flexibility index (Phi) is 49.6. The Morgan fingerprint density at radius 3 is 0.783 bits per heavy atom. The summed E-state index contributed by atoms with van der Waals surface area (Å²) in [4.78, 5) is 163. The van der Waals surface area contributed by atoms with E-state index in [9.17, 15) is 33.6 Å². The Hall–Kier alpha value is -10.2. The minimum atomic E-state index is -1.01. The zero-order chi connectivity index (χ0) is 97.5. The van der Waals surface area contributed by atoms with Gasteiger partial charge in [0.15, 0.2) is 0 Å². The first-order chi connectivity index (χ1) is 64.5. The van der Waals surface area contributed by atoms with Gasteiger partial charge in [0, 0.05) is 282 Å². The van der Waals surface area contributed by atoms with Crippen molar-refractivity contribution in [3.05, 3.63) is 113 Å². The normalized spacial score (nSPS) is 16.1. The molecule has 760 valence electrons. The molecule has 47 heteroatoms. The standard InChI is InChI=1S/C34H53N9O7.C23H34N8O3.C19H32N6O3.C15H22ClN3O4.Li.2H2O/c1-8-48-28(44)27-23-37-30(38-24-27)42-15-11-40(12-16-42)18-20-47-19-17-39-9-13-41(14-10-39)29-35-21-26(22-36-29)25-43(31(45)49-33(2,3)4)32(46)50-34(5,6)7;1-2-19-15-24-22(25-16-19)30-7-3-28(4-8-30)11-13-34-14-12-29-5-9-31(10-6-29)23-26-17-20(18-27-23)21(32)33;1-2-28-18(26)17-15-21-19(22-16-17)25-9-7-24(8-10-25)12-14-27-13-11-23-5-3-20-4-6-23;1-14(2,3)22-12(20)19(13(21)23-15(4,5)6)9-10-7-17-11(16)18-8-10;;;/h21-24H,8-20,25H2,1-7H3;15-18H,2-14H2,1H3,(H,32,33);15-16,20H,2-14H2,1H3;7-8H,9H2,1-6H3;;2*1H2/q;;;;+1;;/p-1. The molecular weight excluding hydrogens is 1800 g/mol. The van der Waals surface area contributed by atoms with Gasteiger partial charge in [-0.05, 0) is 121 Å². The van der Waals surface area contributed by atoms with Crippen LogP contribution in [0.5, 0.6) is 0 Å². The number of aromatic nitrogens is 12. The molecule has 5 N–H and O–H groups in total. The summed E-state index contributed by atoms with van der Waals surface area (Å²) in [6, 6.07) is 0. The molecule has 138 heavy (non-hydrogen) atoms. The van der Waals surface area contributed by atoms with Crippen LogP contribution in [0.3, 0.4) is 0 Å². The molecule has 6 saturated heterocycles. The van der Waals surface area contributed by atoms with Crippen LogP contribution in [0, 0.1) is 0 Å². The van der Waals surface area contributed by atoms with Crippen molar-refractivity contribution in [1.29, 1.82) is 0 Å². The van der Waals surface area contributed by atoms with Gasteiger partial charge in [0.25, 0.3) is 0 Å². The van der Waals surface area contributed by atoms with Crippen LogP contribution in [0.25, 0.3) is 0 Å². The van der Waals surface area contributed by atoms with Gasteiger partial charge in [-0.3, -0.25) is 29.4 Å². The van der Waals surface area contributed by atoms with E-state index in [0.717, 1.165) is 245 Å². The van der Waals surface area contributed by atoms with E-state index in [0.29, 0.717) is 72.5 Å². The van der Waals surface area contributed by atoms with E-state index in [-0.39, 0.29) is 59.7 Å². The molecule has 6 aliphatic heterocycles. The van der Waals surface area contributed by atoms with E-state index in [1.165, 1.54) is 42.7 Å². The van der Waals surface area contributed by atoms with Crippen molar-refractivity contribution < 1.29 is 111 Å². The molecule has 0 saturated carbocycles. The van der Waals surface area contributed by atoms with Gasteiger partial charge in [0.2, 0.25) is 35.0 Å². The summed E-state index contributed by atoms with van der Waals surface area (Å²) >= 11 is 5.63. The van der Waals surface area contributed by atoms with Gasteiger partial charge >= 0.3 is 61.1 Å². The number of hydrogen-bond acceptors (Lipinski definition) is 41. The third-order valence-corrected chi connectivity index (χ3v) is 21.8. The molecule has 0 unspecified atom stereocenters. The Balaban J connectivity index is 0.000000292. The van der Waals surface area contributed by atoms with Crippen LogP contribution < -0.4 is 48.7 Å². The first kappa shape index (κ1) is 116. The summed E-state index contributed by atoms with van der Waals surface area (Å²) in [5, 5.41) is 12.4. The number of imide groups is 2. The zero-order valence-electron chi connectivity index (χ0n) is 83.4. The largest absolute Gasteiger partial charge is 1.00 e. The SMILES string of the molecule is CC(C)(C)OC(=O)N(Cc1cnc(Cl)nc1)C(=O)OC(C)(C)C.CCOC(=O)c1cnc(N2CCN(CCOCCN3CCN(c4ncc(CN(C(=O)OC(C)(C)C)C(=O)OC(C)(C)C)cn4)CC3)CC2)nc1.CCOC(=O)c1cnc(N2CCN(CCOCCN3CCNCC3)CC2)nc1.CCc1cnc(N2CCN(CCOCCN3CCN(c4ncc(C(=O)O)cn4)CC3)CC2)nc1.O.[Li+].[OH-]. The maximum atomic E-state index is 12.8. The maximum absolute atomic E-state index is 12.8. The van der Waals surface area contributed by atoms with Crippen molar-refractivity contribution in [1.82, 2.24) is 104 Å². The molecule has 0 spiro atoms. The summed E-state index contributed by atoms with van der Waals surface area (Å²) in [6.45, 7) is 58.9. The Morgan fingerprint density at radius 1 is 0.341 bits per heavy atom. The predicted molar refractivity (Wildman–Crippen MR) is 512 cm³/mol. The smallest absolute Gasteiger partial charge is 0.870 e. The van der Waals surface area contributed by atoms with Crippen molar-refractivity contribution in [3.8, 4) is 0 Å². The Morgan fingerprint density at radius 2 is 0.558 bits per heavy atom. The minimum Gasteiger partial charge on any atom is -0.870 e. The van der Waals surface area contributed by atoms with Gasteiger partial charge in [0.05, 0.1) is 82.6 Å². The topological polar surface area (TPSA) is 493 Å². The summed E-state index contributed by atoms with van der Waals surface area (Å²) in [5.74, 6) is 1.52. The van der Waals surface area contributed by atoms with E-state index in [1.807, 2.05) is 12.4 Å². The number of esters is 2. The number of rotatable bonds is 33. The van der Waals surface area contributed by atoms with Crippen molar-refractivity contribution in [2.75, 3.05) is 274 Å². The molecular formula is C91H144ClLiN26O19. The molecule has 0 aliphatic carbocycles. The number of carbonyl (C=O) groups excluding carboxylic acids is 6. The fraction of sp³-hybridized carbons (Fsp3) is 0.659. The van der Waals surface area contributed by atoms with Crippen molar-refractivity contribution in [2.24, 2.45) is 0 Å². The second-order valence-electron chi connectivity index (χ2n) is 36.7. The average molecular weight is 1950 g/mol. The Bertz CT molecular complexity index is 4490. The van der Waals surface area contributed by atoms with Crippen molar-refractivity contribution in [3.63, 3.8) is 0 Å². The number of halogens is 1. The van der Waals surface area contributed by atoms with Crippen molar-refractivity contribution >= 4 is 83.6 Å². The predicted octanol–water partition coefficient (Wildman–Crippen LogP) is 3.07. The molecule has 6 aromatic heterocycles. The monoisotopic (exact) mass is 1950 g/mol. The number of carbonyl (C=O) groups is 7. The number of aryl methyl sites for hydroxylation is 1. The second-order valence-corrected chi connectivity index (χ2v) is 37.1. The summed E-state index contributed by atoms with van der Waals surface area (Å²) < 4.78 is 49.0. The van der Waals surface area contributed by atoms with Crippen LogP contribution in [0.1, 0.15) is 152 Å². The number of aromatic carboxylic acids is 1. The Labute approximate surface area is 827 Å². The third-order valence-electron chi connectivity index (χ3n) is 21.6. The van der Waals surface area contributed by atoms with E-state index in [2.05, 4.69) is 126 Å². The number of amides is 4. The van der Waals surface area contributed by atoms with Crippen LogP contribution in [0.15, 0.2) is 74.4 Å². The van der Waals surface area contributed by atoms with Crippen LogP contribution in [-0.4, -0.2) is 429 Å². The molecule has 6 fully saturated rings. The van der Waals surface area contributed by atoms with E-state index in [4.69, 9.17) is 59.3 Å². The van der Waals surface area contributed by atoms with Crippen LogP contribution in [-0.2, 0) is 62.1 Å². The number of anilines is 5. The number of nitrogens with one attached hydrogen (secondary N) is 1. The third kappa shape index (κ3) is 42.1. The zero-order valence-corrected chi connectivity index (χ0v) is 84.2. The fourth-order valence-electron chi connectivity index (χ4n) is 14.2. The molecule has 45 nitrogen and oxygen atoms in total. The quantitative estimate of drug-likeness (QED) is 0.0196. The first-order valence-corrected chi connectivity index (χ1v) is 47.0. The number of carboxylic acids is 1. The molecule has 12 rings (SSSR count). The molecule has 0 bridgehead atoms. The van der Waals surface area contributed by atoms with Gasteiger partial charge in [0.1, 0.15) is 22.4 Å². The van der Waals surface area contributed by atoms with Crippen molar-refractivity contribution in [2.45, 2.75) is 146 Å². The first-order valence-electron chi connectivity index (χ1n) is 46.6. The summed E-state index contributed by atoms with van der Waals surface area (Å²) in [7, 11) is 0. The van der Waals surface area contributed by atoms with Gasteiger partial charge in [-0.2, -0.15) is 0 Å². The van der Waals surface area contributed by atoms with Gasteiger partial charge in [-0.15, -0.1) is 0 Å². The van der Waals surface area contributed by atoms with Gasteiger partial charge in [-0.25, -0.2) is 103 Å². The number of ether oxygens (including phenoxy) is 9. The second kappa shape index (κ2) is 58.7. The maximum Gasteiger partial charge on any atom is 1.00 e. The molecule has 6 aromatic rings. The molecule has 4 amide bonds. The molecule has 12 heterocycles. The van der Waals surface area contributed by atoms with E-state index >= 15 is 0 Å². The molecule has 0 aromatic carbocycles. The molecule has 0 atom stereocenters. The minimum absolute atomic E-state index is 0. The molecule has 0 radical (unpaired) electrons. The van der Waals surface area contributed by atoms with Gasteiger partial charge in [-0.1, -0.05) is 6.92 Å². The number of carboxylic acid groups (broad SMARTS) is 1. The number of piperazine rings is 6. The van der Waals surface area contributed by atoms with Crippen LogP contribution in [0.4, 0.5) is 48.9 Å². The summed E-state index contributed by atoms with van der Waals surface area (Å²) in [5.41, 5.74) is 0.0977. The van der Waals surface area contributed by atoms with Crippen LogP contribution >= 0.6 is 11.6 Å². The van der Waals surface area contributed by atoms with Crippen LogP contribution in [0.2, 0.25) is 5.28 Å². The van der Waals surface area contributed by atoms with E-state index < -0.39 is 58.7 Å². The number of nitrogens with zero attached hydrogens (tertiary/aromatic N) is 25. The van der Waals surface area contributed by atoms with E-state index in [1.54, 1.807) is 122 Å². The van der Waals surface area contributed by atoms with Gasteiger partial charge < -0.3 is 88.5 Å². The summed E-state index contributed by atoms with van der Waals surface area (Å²) in [6.07, 6.45) is 16.6. The average Bonchev–Trinajstić information content (AvgIpc) is 0.846. The number of hydrogen-bond donors (Lipinski definition) is 2. The fourth-order valence-corrected chi connectivity index (χ4v) is 14.3. The molecule has 6 aliphatic rings.